The molecule has 0 aliphatic carbocycles. The van der Waals surface area contributed by atoms with E-state index in [0.717, 1.165) is 34.0 Å². The number of hydrogen-bond acceptors (Lipinski definition) is 3. The van der Waals surface area contributed by atoms with Crippen LogP contribution in [0.5, 0.6) is 0 Å². The van der Waals surface area contributed by atoms with Crippen molar-refractivity contribution in [2.75, 3.05) is 0 Å². The maximum absolute atomic E-state index is 12.4. The van der Waals surface area contributed by atoms with Gasteiger partial charge in [0.2, 0.25) is 0 Å². The van der Waals surface area contributed by atoms with Crippen molar-refractivity contribution < 1.29 is 9.72 Å². The molecule has 5 nitrogen and oxygen atoms in total. The summed E-state index contributed by atoms with van der Waals surface area (Å²) in [5.41, 5.74) is 4.43. The van der Waals surface area contributed by atoms with Crippen molar-refractivity contribution >= 4 is 22.9 Å². The fraction of sp³-hybridized carbons (Fsp3) is 0.160. The van der Waals surface area contributed by atoms with Gasteiger partial charge >= 0.3 is 0 Å². The number of fused-ring (bicyclic) bond motifs is 1. The van der Waals surface area contributed by atoms with Gasteiger partial charge in [-0.15, -0.1) is 0 Å². The average Bonchev–Trinajstić information content (AvgIpc) is 3.10. The van der Waals surface area contributed by atoms with Gasteiger partial charge in [0.1, 0.15) is 6.29 Å². The van der Waals surface area contributed by atoms with E-state index in [-0.39, 0.29) is 10.6 Å². The number of benzene rings is 3. The highest BCUT2D eigenvalue weighted by Gasteiger charge is 2.33. The summed E-state index contributed by atoms with van der Waals surface area (Å²) >= 11 is 0. The molecule has 1 N–H and O–H groups in total. The number of hydrogen-bond donors (Lipinski definition) is 1. The Morgan fingerprint density at radius 2 is 1.63 bits per heavy atom. The lowest BCUT2D eigenvalue weighted by Gasteiger charge is -2.24. The largest absolute Gasteiger partial charge is 0.358 e. The number of carbonyl (C=O) groups is 1. The summed E-state index contributed by atoms with van der Waals surface area (Å²) in [4.78, 5) is 27.2. The van der Waals surface area contributed by atoms with Crippen LogP contribution < -0.4 is 0 Å². The van der Waals surface area contributed by atoms with Crippen LogP contribution in [0.15, 0.2) is 78.9 Å². The van der Waals surface area contributed by atoms with Crippen molar-refractivity contribution in [3.05, 3.63) is 111 Å². The van der Waals surface area contributed by atoms with E-state index in [4.69, 9.17) is 0 Å². The Bertz CT molecular complexity index is 1200. The lowest BCUT2D eigenvalue weighted by atomic mass is 9.77. The lowest BCUT2D eigenvalue weighted by molar-refractivity contribution is -0.385. The van der Waals surface area contributed by atoms with E-state index in [1.165, 1.54) is 6.07 Å². The first kappa shape index (κ1) is 19.6. The van der Waals surface area contributed by atoms with E-state index in [1.807, 2.05) is 61.5 Å². The molecule has 4 aromatic rings. The van der Waals surface area contributed by atoms with E-state index in [1.54, 1.807) is 18.2 Å². The van der Waals surface area contributed by atoms with Crippen molar-refractivity contribution in [1.29, 1.82) is 0 Å². The second-order valence-electron chi connectivity index (χ2n) is 7.49. The molecule has 0 saturated heterocycles. The molecule has 0 radical (unpaired) electrons. The summed E-state index contributed by atoms with van der Waals surface area (Å²) < 4.78 is 0. The van der Waals surface area contributed by atoms with Crippen molar-refractivity contribution in [2.45, 2.75) is 19.3 Å². The molecule has 0 aliphatic heterocycles. The third-order valence-corrected chi connectivity index (χ3v) is 5.64. The number of para-hydroxylation sites is 2. The van der Waals surface area contributed by atoms with Gasteiger partial charge in [-0.05, 0) is 30.5 Å². The number of aldehydes is 1. The number of nitrogens with one attached hydrogen (secondary N) is 1. The monoisotopic (exact) mass is 398 g/mol. The van der Waals surface area contributed by atoms with Gasteiger partial charge in [0.05, 0.1) is 4.92 Å². The highest BCUT2D eigenvalue weighted by atomic mass is 16.6. The quantitative estimate of drug-likeness (QED) is 0.251. The zero-order chi connectivity index (χ0) is 21.1. The van der Waals surface area contributed by atoms with E-state index >= 15 is 0 Å². The molecule has 2 atom stereocenters. The number of nitrogens with zero attached hydrogens (tertiary/aromatic N) is 1. The van der Waals surface area contributed by atoms with Crippen molar-refractivity contribution in [2.24, 2.45) is 5.92 Å². The topological polar surface area (TPSA) is 76.0 Å². The molecule has 0 bridgehead atoms. The number of aryl methyl sites for hydroxylation is 1. The maximum Gasteiger partial charge on any atom is 0.273 e. The van der Waals surface area contributed by atoms with Crippen molar-refractivity contribution in [3.63, 3.8) is 0 Å². The van der Waals surface area contributed by atoms with E-state index in [0.29, 0.717) is 12.0 Å². The van der Waals surface area contributed by atoms with Gasteiger partial charge in [-0.2, -0.15) is 0 Å². The summed E-state index contributed by atoms with van der Waals surface area (Å²) in [7, 11) is 0. The standard InChI is InChI=1S/C25H22N2O3/c1-17-24(20-11-5-7-13-22(20)26-17)25(21-12-6-8-14-23(21)27(29)30)19(16-28)15-18-9-3-2-4-10-18/h2-14,16,19,25-26H,15H2,1H3/t19-,25-/m1/s1. The summed E-state index contributed by atoms with van der Waals surface area (Å²) in [6, 6.07) is 24.4. The minimum absolute atomic E-state index is 0.0343. The van der Waals surface area contributed by atoms with E-state index in [2.05, 4.69) is 4.98 Å². The molecular weight excluding hydrogens is 376 g/mol. The van der Waals surface area contributed by atoms with Gasteiger partial charge < -0.3 is 9.78 Å². The molecule has 0 aliphatic rings. The van der Waals surface area contributed by atoms with Gasteiger partial charge in [-0.25, -0.2) is 0 Å². The van der Waals surface area contributed by atoms with E-state index < -0.39 is 11.8 Å². The molecule has 1 aromatic heterocycles. The van der Waals surface area contributed by atoms with Crippen LogP contribution in [-0.2, 0) is 11.2 Å². The van der Waals surface area contributed by atoms with Crippen LogP contribution in [0.1, 0.15) is 28.3 Å². The zero-order valence-electron chi connectivity index (χ0n) is 16.6. The number of carbonyl (C=O) groups excluding carboxylic acids is 1. The molecule has 0 unspecified atom stereocenters. The van der Waals surface area contributed by atoms with Crippen LogP contribution in [0.2, 0.25) is 0 Å². The summed E-state index contributed by atoms with van der Waals surface area (Å²) in [5, 5.41) is 12.8. The fourth-order valence-electron chi connectivity index (χ4n) is 4.35. The Morgan fingerprint density at radius 1 is 0.967 bits per heavy atom. The first-order valence-electron chi connectivity index (χ1n) is 9.90. The second-order valence-corrected chi connectivity index (χ2v) is 7.49. The number of nitro benzene ring substituents is 1. The fourth-order valence-corrected chi connectivity index (χ4v) is 4.35. The van der Waals surface area contributed by atoms with Gasteiger partial charge in [0.25, 0.3) is 5.69 Å². The second kappa shape index (κ2) is 8.33. The van der Waals surface area contributed by atoms with Gasteiger partial charge in [0, 0.05) is 40.1 Å². The molecule has 3 aromatic carbocycles. The molecule has 30 heavy (non-hydrogen) atoms. The van der Waals surface area contributed by atoms with Gasteiger partial charge in [0.15, 0.2) is 0 Å². The first-order valence-corrected chi connectivity index (χ1v) is 9.90. The third-order valence-electron chi connectivity index (χ3n) is 5.64. The lowest BCUT2D eigenvalue weighted by Crippen LogP contribution is -2.20. The summed E-state index contributed by atoms with van der Waals surface area (Å²) in [6.07, 6.45) is 1.44. The Balaban J connectivity index is 1.94. The molecule has 1 heterocycles. The molecule has 150 valence electrons. The zero-order valence-corrected chi connectivity index (χ0v) is 16.6. The number of aromatic nitrogens is 1. The summed E-state index contributed by atoms with van der Waals surface area (Å²) in [5.74, 6) is -0.896. The summed E-state index contributed by atoms with van der Waals surface area (Å²) in [6.45, 7) is 1.96. The molecule has 0 fully saturated rings. The van der Waals surface area contributed by atoms with Gasteiger partial charge in [-0.3, -0.25) is 10.1 Å². The maximum atomic E-state index is 12.4. The molecule has 4 rings (SSSR count). The number of H-pyrrole nitrogens is 1. The molecule has 0 spiro atoms. The predicted octanol–water partition coefficient (Wildman–Crippen LogP) is 5.57. The van der Waals surface area contributed by atoms with Crippen LogP contribution in [0.4, 0.5) is 5.69 Å². The van der Waals surface area contributed by atoms with Crippen molar-refractivity contribution in [3.8, 4) is 0 Å². The number of rotatable bonds is 7. The van der Waals surface area contributed by atoms with Crippen molar-refractivity contribution in [1.82, 2.24) is 4.98 Å². The van der Waals surface area contributed by atoms with E-state index in [9.17, 15) is 14.9 Å². The highest BCUT2D eigenvalue weighted by molar-refractivity contribution is 5.86. The van der Waals surface area contributed by atoms with Crippen LogP contribution in [0.25, 0.3) is 10.9 Å². The normalized spacial score (nSPS) is 13.1. The molecule has 5 heteroatoms. The minimum atomic E-state index is -0.452. The SMILES string of the molecule is Cc1[nH]c2ccccc2c1[C@@H](c1ccccc1[N+](=O)[O-])[C@@H](C=O)Cc1ccccc1. The molecule has 0 amide bonds. The van der Waals surface area contributed by atoms with Gasteiger partial charge in [-0.1, -0.05) is 66.7 Å². The highest BCUT2D eigenvalue weighted by Crippen LogP contribution is 2.42. The van der Waals surface area contributed by atoms with Crippen LogP contribution in [-0.4, -0.2) is 16.2 Å². The Morgan fingerprint density at radius 3 is 2.37 bits per heavy atom. The smallest absolute Gasteiger partial charge is 0.273 e. The molecule has 0 saturated carbocycles. The Kier molecular flexibility index (Phi) is 5.44. The third kappa shape index (κ3) is 3.62. The van der Waals surface area contributed by atoms with Crippen LogP contribution in [0, 0.1) is 23.0 Å². The Hall–Kier alpha value is -3.73. The Labute approximate surface area is 174 Å². The number of nitro groups is 1. The van der Waals surface area contributed by atoms with Crippen LogP contribution in [0.3, 0.4) is 0 Å². The first-order chi connectivity index (χ1) is 14.6. The number of aromatic amines is 1. The predicted molar refractivity (Wildman–Crippen MR) is 118 cm³/mol. The molecular formula is C25H22N2O3. The average molecular weight is 398 g/mol. The van der Waals surface area contributed by atoms with Crippen LogP contribution >= 0.6 is 0 Å². The minimum Gasteiger partial charge on any atom is -0.358 e.